The van der Waals surface area contributed by atoms with Gasteiger partial charge in [0.15, 0.2) is 0 Å². The Morgan fingerprint density at radius 2 is 1.95 bits per heavy atom. The van der Waals surface area contributed by atoms with Crippen molar-refractivity contribution in [3.8, 4) is 0 Å². The minimum absolute atomic E-state index is 0.0533. The Hall–Kier alpha value is -1.26. The van der Waals surface area contributed by atoms with Crippen molar-refractivity contribution < 1.29 is 14.7 Å². The van der Waals surface area contributed by atoms with E-state index in [1.807, 2.05) is 0 Å². The predicted molar refractivity (Wildman–Crippen MR) is 71.9 cm³/mol. The molecule has 5 nitrogen and oxygen atoms in total. The molecule has 2 saturated carbocycles. The van der Waals surface area contributed by atoms with Gasteiger partial charge in [-0.05, 0) is 45.4 Å². The summed E-state index contributed by atoms with van der Waals surface area (Å²) in [4.78, 5) is 23.4. The van der Waals surface area contributed by atoms with Crippen molar-refractivity contribution in [3.63, 3.8) is 0 Å². The number of nitrogens with one attached hydrogen (secondary N) is 2. The summed E-state index contributed by atoms with van der Waals surface area (Å²) in [7, 11) is 0. The minimum atomic E-state index is -0.823. The van der Waals surface area contributed by atoms with Crippen molar-refractivity contribution >= 4 is 12.0 Å². The Morgan fingerprint density at radius 1 is 1.26 bits per heavy atom. The molecular weight excluding hydrogens is 244 g/mol. The van der Waals surface area contributed by atoms with Crippen LogP contribution in [-0.4, -0.2) is 28.7 Å². The third-order valence-electron chi connectivity index (χ3n) is 5.12. The van der Waals surface area contributed by atoms with E-state index >= 15 is 0 Å². The summed E-state index contributed by atoms with van der Waals surface area (Å²) in [5.74, 6) is -0.816. The quantitative estimate of drug-likeness (QED) is 0.731. The van der Waals surface area contributed by atoms with Gasteiger partial charge in [-0.15, -0.1) is 0 Å². The molecule has 2 atom stereocenters. The molecule has 108 valence electrons. The lowest BCUT2D eigenvalue weighted by Gasteiger charge is -2.42. The van der Waals surface area contributed by atoms with Crippen LogP contribution in [0, 0.1) is 5.41 Å². The summed E-state index contributed by atoms with van der Waals surface area (Å²) in [5, 5.41) is 15.2. The molecule has 0 aromatic carbocycles. The largest absolute Gasteiger partial charge is 0.481 e. The van der Waals surface area contributed by atoms with E-state index in [-0.39, 0.29) is 17.6 Å². The highest BCUT2D eigenvalue weighted by atomic mass is 16.4. The van der Waals surface area contributed by atoms with Crippen molar-refractivity contribution in [1.82, 2.24) is 10.6 Å². The summed E-state index contributed by atoms with van der Waals surface area (Å²) in [5.41, 5.74) is -0.876. The maximum absolute atomic E-state index is 12.1. The number of carboxylic acids is 1. The van der Waals surface area contributed by atoms with Gasteiger partial charge in [-0.3, -0.25) is 4.79 Å². The van der Waals surface area contributed by atoms with E-state index in [9.17, 15) is 14.7 Å². The zero-order valence-electron chi connectivity index (χ0n) is 11.8. The van der Waals surface area contributed by atoms with Gasteiger partial charge in [-0.2, -0.15) is 0 Å². The van der Waals surface area contributed by atoms with Crippen molar-refractivity contribution in [2.75, 3.05) is 0 Å². The highest BCUT2D eigenvalue weighted by molar-refractivity contribution is 5.79. The zero-order valence-corrected chi connectivity index (χ0v) is 11.8. The Labute approximate surface area is 114 Å². The Balaban J connectivity index is 1.93. The first-order chi connectivity index (χ1) is 8.92. The lowest BCUT2D eigenvalue weighted by atomic mass is 9.75. The maximum atomic E-state index is 12.1. The van der Waals surface area contributed by atoms with Gasteiger partial charge in [-0.1, -0.05) is 13.3 Å². The van der Waals surface area contributed by atoms with Crippen LogP contribution >= 0.6 is 0 Å². The molecule has 0 spiro atoms. The van der Waals surface area contributed by atoms with Crippen molar-refractivity contribution in [2.24, 2.45) is 5.41 Å². The molecule has 19 heavy (non-hydrogen) atoms. The standard InChI is InChI=1S/C14H24N2O3/c1-3-14(8-5-9-14)16-12(19)15-10-6-4-7-13(10,2)11(17)18/h10H,3-9H2,1-2H3,(H,17,18)(H2,15,16,19). The number of urea groups is 1. The molecule has 0 bridgehead atoms. The smallest absolute Gasteiger partial charge is 0.315 e. The highest BCUT2D eigenvalue weighted by Gasteiger charge is 2.46. The Bertz CT molecular complexity index is 373. The fourth-order valence-corrected chi connectivity index (χ4v) is 3.26. The van der Waals surface area contributed by atoms with Gasteiger partial charge in [-0.25, -0.2) is 4.79 Å². The van der Waals surface area contributed by atoms with Crippen molar-refractivity contribution in [3.05, 3.63) is 0 Å². The van der Waals surface area contributed by atoms with E-state index in [4.69, 9.17) is 0 Å². The minimum Gasteiger partial charge on any atom is -0.481 e. The van der Waals surface area contributed by atoms with Crippen LogP contribution in [0.15, 0.2) is 0 Å². The molecule has 0 aliphatic heterocycles. The molecule has 0 aromatic rings. The number of carbonyl (C=O) groups is 2. The molecule has 2 unspecified atom stereocenters. The zero-order chi connectivity index (χ0) is 14.1. The van der Waals surface area contributed by atoms with E-state index in [0.29, 0.717) is 6.42 Å². The van der Waals surface area contributed by atoms with E-state index in [2.05, 4.69) is 17.6 Å². The van der Waals surface area contributed by atoms with Gasteiger partial charge in [0.2, 0.25) is 0 Å². The number of rotatable bonds is 4. The molecule has 2 amide bonds. The number of aliphatic carboxylic acids is 1. The van der Waals surface area contributed by atoms with E-state index in [0.717, 1.165) is 38.5 Å². The van der Waals surface area contributed by atoms with Gasteiger partial charge < -0.3 is 15.7 Å². The summed E-state index contributed by atoms with van der Waals surface area (Å²) in [6.07, 6.45) is 6.37. The number of amides is 2. The molecule has 0 saturated heterocycles. The molecule has 2 fully saturated rings. The first-order valence-electron chi connectivity index (χ1n) is 7.24. The molecule has 0 radical (unpaired) electrons. The number of carboxylic acid groups (broad SMARTS) is 1. The van der Waals surface area contributed by atoms with Crippen LogP contribution in [-0.2, 0) is 4.79 Å². The average molecular weight is 268 g/mol. The van der Waals surface area contributed by atoms with Gasteiger partial charge in [0, 0.05) is 11.6 Å². The average Bonchev–Trinajstić information content (AvgIpc) is 2.67. The normalized spacial score (nSPS) is 32.4. The summed E-state index contributed by atoms with van der Waals surface area (Å²) >= 11 is 0. The third kappa shape index (κ3) is 2.55. The molecule has 2 aliphatic rings. The van der Waals surface area contributed by atoms with Crippen LogP contribution in [0.4, 0.5) is 4.79 Å². The van der Waals surface area contributed by atoms with Crippen molar-refractivity contribution in [1.29, 1.82) is 0 Å². The van der Waals surface area contributed by atoms with E-state index in [1.54, 1.807) is 6.92 Å². The van der Waals surface area contributed by atoms with E-state index in [1.165, 1.54) is 0 Å². The molecule has 2 aliphatic carbocycles. The number of carbonyl (C=O) groups excluding carboxylic acids is 1. The summed E-state index contributed by atoms with van der Waals surface area (Å²) in [6.45, 7) is 3.81. The SMILES string of the molecule is CCC1(NC(=O)NC2CCCC2(C)C(=O)O)CCC1. The van der Waals surface area contributed by atoms with Gasteiger partial charge in [0.05, 0.1) is 5.41 Å². The molecule has 3 N–H and O–H groups in total. The third-order valence-corrected chi connectivity index (χ3v) is 5.12. The molecule has 2 rings (SSSR count). The second kappa shape index (κ2) is 5.02. The maximum Gasteiger partial charge on any atom is 0.315 e. The molecular formula is C14H24N2O3. The summed E-state index contributed by atoms with van der Waals surface area (Å²) in [6, 6.07) is -0.472. The first kappa shape index (κ1) is 14.2. The van der Waals surface area contributed by atoms with Gasteiger partial charge >= 0.3 is 12.0 Å². The fraction of sp³-hybridized carbons (Fsp3) is 0.857. The molecule has 0 aromatic heterocycles. The van der Waals surface area contributed by atoms with Gasteiger partial charge in [0.1, 0.15) is 0 Å². The van der Waals surface area contributed by atoms with Crippen LogP contribution < -0.4 is 10.6 Å². The van der Waals surface area contributed by atoms with Crippen LogP contribution in [0.3, 0.4) is 0 Å². The lowest BCUT2D eigenvalue weighted by Crippen LogP contribution is -2.59. The van der Waals surface area contributed by atoms with Crippen LogP contribution in [0.2, 0.25) is 0 Å². The molecule has 5 heteroatoms. The molecule has 0 heterocycles. The topological polar surface area (TPSA) is 78.4 Å². The Kier molecular flexibility index (Phi) is 3.74. The van der Waals surface area contributed by atoms with Gasteiger partial charge in [0.25, 0.3) is 0 Å². The summed E-state index contributed by atoms with van der Waals surface area (Å²) < 4.78 is 0. The van der Waals surface area contributed by atoms with Crippen molar-refractivity contribution in [2.45, 2.75) is 70.4 Å². The lowest BCUT2D eigenvalue weighted by molar-refractivity contribution is -0.148. The van der Waals surface area contributed by atoms with Crippen LogP contribution in [0.25, 0.3) is 0 Å². The predicted octanol–water partition coefficient (Wildman–Crippen LogP) is 2.26. The highest BCUT2D eigenvalue weighted by Crippen LogP contribution is 2.38. The fourth-order valence-electron chi connectivity index (χ4n) is 3.26. The Morgan fingerprint density at radius 3 is 2.42 bits per heavy atom. The van der Waals surface area contributed by atoms with Crippen LogP contribution in [0.5, 0.6) is 0 Å². The number of hydrogen-bond acceptors (Lipinski definition) is 2. The second-order valence-corrected chi connectivity index (χ2v) is 6.25. The number of hydrogen-bond donors (Lipinski definition) is 3. The second-order valence-electron chi connectivity index (χ2n) is 6.25. The van der Waals surface area contributed by atoms with E-state index < -0.39 is 11.4 Å². The monoisotopic (exact) mass is 268 g/mol. The first-order valence-corrected chi connectivity index (χ1v) is 7.24. The van der Waals surface area contributed by atoms with Crippen LogP contribution in [0.1, 0.15) is 58.8 Å².